The Hall–Kier alpha value is -6.84. The quantitative estimate of drug-likeness (QED) is 0.112. The molecular formula is C51H27BN2. The third-order valence-electron chi connectivity index (χ3n) is 13.5. The van der Waals surface area contributed by atoms with Gasteiger partial charge in [-0.1, -0.05) is 121 Å². The van der Waals surface area contributed by atoms with E-state index in [-0.39, 0.29) is 6.71 Å². The number of benzene rings is 10. The summed E-state index contributed by atoms with van der Waals surface area (Å²) in [6.45, 7) is 2.36. The van der Waals surface area contributed by atoms with Crippen LogP contribution in [0, 0.1) is 6.92 Å². The second kappa shape index (κ2) is 8.68. The molecule has 4 heterocycles. The van der Waals surface area contributed by atoms with Gasteiger partial charge in [-0.3, -0.25) is 0 Å². The second-order valence-electron chi connectivity index (χ2n) is 16.0. The highest BCUT2D eigenvalue weighted by molar-refractivity contribution is 7.00. The molecule has 2 aromatic heterocycles. The molecule has 0 radical (unpaired) electrons. The number of fused-ring (bicyclic) bond motifs is 13. The van der Waals surface area contributed by atoms with Crippen LogP contribution in [0.3, 0.4) is 0 Å². The van der Waals surface area contributed by atoms with Gasteiger partial charge in [0.1, 0.15) is 0 Å². The first-order valence-electron chi connectivity index (χ1n) is 19.1. The molecule has 0 bridgehead atoms. The van der Waals surface area contributed by atoms with Crippen molar-refractivity contribution >= 4 is 121 Å². The van der Waals surface area contributed by atoms with Gasteiger partial charge in [-0.05, 0) is 113 Å². The fraction of sp³-hybridized carbons (Fsp3) is 0.0196. The van der Waals surface area contributed by atoms with Gasteiger partial charge in [0.05, 0.1) is 22.1 Å². The molecule has 0 atom stereocenters. The van der Waals surface area contributed by atoms with Crippen LogP contribution in [-0.4, -0.2) is 15.8 Å². The molecule has 12 aromatic rings. The summed E-state index contributed by atoms with van der Waals surface area (Å²) in [5.74, 6) is 0. The molecule has 3 heteroatoms. The molecular weight excluding hydrogens is 651 g/mol. The zero-order valence-electron chi connectivity index (χ0n) is 29.3. The third kappa shape index (κ3) is 2.78. The molecule has 0 spiro atoms. The van der Waals surface area contributed by atoms with Crippen molar-refractivity contribution in [1.29, 1.82) is 0 Å². The Morgan fingerprint density at radius 1 is 0.389 bits per heavy atom. The van der Waals surface area contributed by atoms with Crippen LogP contribution < -0.4 is 16.4 Å². The average Bonchev–Trinajstić information content (AvgIpc) is 3.71. The van der Waals surface area contributed by atoms with Crippen LogP contribution in [0.1, 0.15) is 5.56 Å². The lowest BCUT2D eigenvalue weighted by atomic mass is 9.34. The zero-order chi connectivity index (χ0) is 34.7. The number of nitrogens with zero attached hydrogens (tertiary/aromatic N) is 2. The maximum Gasteiger partial charge on any atom is 0.252 e. The van der Waals surface area contributed by atoms with Crippen LogP contribution >= 0.6 is 0 Å². The van der Waals surface area contributed by atoms with Crippen molar-refractivity contribution in [3.05, 3.63) is 151 Å². The highest BCUT2D eigenvalue weighted by atomic mass is 15.0. The molecule has 244 valence electrons. The third-order valence-corrected chi connectivity index (χ3v) is 13.5. The molecule has 0 fully saturated rings. The van der Waals surface area contributed by atoms with Gasteiger partial charge in [-0.25, -0.2) is 0 Å². The van der Waals surface area contributed by atoms with Crippen molar-refractivity contribution in [3.63, 3.8) is 0 Å². The van der Waals surface area contributed by atoms with E-state index in [0.29, 0.717) is 0 Å². The van der Waals surface area contributed by atoms with Gasteiger partial charge >= 0.3 is 0 Å². The Morgan fingerprint density at radius 2 is 0.926 bits per heavy atom. The maximum absolute atomic E-state index is 2.66. The number of aromatic nitrogens is 2. The van der Waals surface area contributed by atoms with Crippen molar-refractivity contribution in [2.75, 3.05) is 0 Å². The molecule has 54 heavy (non-hydrogen) atoms. The van der Waals surface area contributed by atoms with Crippen molar-refractivity contribution in [2.45, 2.75) is 6.92 Å². The minimum Gasteiger partial charge on any atom is -0.310 e. The number of hydrogen-bond acceptors (Lipinski definition) is 0. The van der Waals surface area contributed by atoms with Crippen LogP contribution in [0.5, 0.6) is 0 Å². The van der Waals surface area contributed by atoms with Gasteiger partial charge in [-0.2, -0.15) is 0 Å². The summed E-state index contributed by atoms with van der Waals surface area (Å²) in [6, 6.07) is 56.1. The predicted molar refractivity (Wildman–Crippen MR) is 231 cm³/mol. The van der Waals surface area contributed by atoms with E-state index in [1.165, 1.54) is 142 Å². The predicted octanol–water partition coefficient (Wildman–Crippen LogP) is 11.1. The first kappa shape index (κ1) is 26.9. The standard InChI is InChI=1S/C51H27BN2/c1-26-22-40-49-41(23-26)54-39-21-19-29-11-7-15-35-34-14-6-10-28-16-17-31-25-37(51(54)48(44(31)42(28)34)47(39)43(29)35)52(49)36-24-30-9-3-5-13-33(30)46-45-32-12-4-2-8-27(32)18-20-38(45)53(40)50(36)46/h2-25H,1H3. The van der Waals surface area contributed by atoms with Crippen LogP contribution in [-0.2, 0) is 0 Å². The topological polar surface area (TPSA) is 9.86 Å². The smallest absolute Gasteiger partial charge is 0.252 e. The first-order valence-corrected chi connectivity index (χ1v) is 19.1. The SMILES string of the molecule is Cc1cc2c3c(c1)-n1c4ccc5cccc6c5c4c4c5c(ccc7cccc-6c75)cc(c41)B3c1cc3ccccc3c3c4c5ccccc5ccc4n-2c13. The molecule has 2 aliphatic heterocycles. The summed E-state index contributed by atoms with van der Waals surface area (Å²) in [7, 11) is 0. The van der Waals surface area contributed by atoms with Crippen molar-refractivity contribution in [2.24, 2.45) is 0 Å². The summed E-state index contributed by atoms with van der Waals surface area (Å²) < 4.78 is 5.29. The van der Waals surface area contributed by atoms with E-state index in [1.807, 2.05) is 0 Å². The Morgan fingerprint density at radius 3 is 1.67 bits per heavy atom. The molecule has 0 N–H and O–H groups in total. The van der Waals surface area contributed by atoms with E-state index < -0.39 is 0 Å². The lowest BCUT2D eigenvalue weighted by Gasteiger charge is -2.34. The van der Waals surface area contributed by atoms with E-state index in [9.17, 15) is 0 Å². The number of rotatable bonds is 0. The number of hydrogen-bond donors (Lipinski definition) is 0. The van der Waals surface area contributed by atoms with E-state index >= 15 is 0 Å². The van der Waals surface area contributed by atoms with Crippen LogP contribution in [0.2, 0.25) is 0 Å². The molecule has 2 nitrogen and oxygen atoms in total. The fourth-order valence-electron chi connectivity index (χ4n) is 11.7. The fourth-order valence-corrected chi connectivity index (χ4v) is 11.7. The molecule has 0 unspecified atom stereocenters. The lowest BCUT2D eigenvalue weighted by Crippen LogP contribution is -2.59. The van der Waals surface area contributed by atoms with Gasteiger partial charge in [0.25, 0.3) is 6.71 Å². The summed E-state index contributed by atoms with van der Waals surface area (Å²) >= 11 is 0. The van der Waals surface area contributed by atoms with Crippen molar-refractivity contribution in [3.8, 4) is 22.5 Å². The van der Waals surface area contributed by atoms with Gasteiger partial charge < -0.3 is 9.13 Å². The normalized spacial score (nSPS) is 13.6. The zero-order valence-corrected chi connectivity index (χ0v) is 29.3. The molecule has 0 saturated carbocycles. The maximum atomic E-state index is 2.66. The van der Waals surface area contributed by atoms with Gasteiger partial charge in [0, 0.05) is 38.3 Å². The molecule has 0 saturated heterocycles. The molecule has 1 aliphatic carbocycles. The van der Waals surface area contributed by atoms with Crippen LogP contribution in [0.15, 0.2) is 146 Å². The minimum absolute atomic E-state index is 0.0759. The van der Waals surface area contributed by atoms with E-state index in [4.69, 9.17) is 0 Å². The van der Waals surface area contributed by atoms with Gasteiger partial charge in [0.15, 0.2) is 0 Å². The van der Waals surface area contributed by atoms with Crippen LogP contribution in [0.25, 0.3) is 120 Å². The summed E-state index contributed by atoms with van der Waals surface area (Å²) in [6.07, 6.45) is 0. The Labute approximate surface area is 309 Å². The number of aryl methyl sites for hydroxylation is 1. The Kier molecular flexibility index (Phi) is 4.32. The van der Waals surface area contributed by atoms with Gasteiger partial charge in [0.2, 0.25) is 0 Å². The first-order chi connectivity index (χ1) is 26.7. The summed E-state index contributed by atoms with van der Waals surface area (Å²) in [5, 5.41) is 18.8. The van der Waals surface area contributed by atoms with E-state index in [2.05, 4.69) is 162 Å². The Balaban J connectivity index is 1.25. The second-order valence-corrected chi connectivity index (χ2v) is 16.0. The monoisotopic (exact) mass is 678 g/mol. The Bertz CT molecular complexity index is 3860. The highest BCUT2D eigenvalue weighted by Gasteiger charge is 2.42. The minimum atomic E-state index is 0.0759. The average molecular weight is 679 g/mol. The lowest BCUT2D eigenvalue weighted by molar-refractivity contribution is 1.13. The van der Waals surface area contributed by atoms with E-state index in [1.54, 1.807) is 0 Å². The van der Waals surface area contributed by atoms with E-state index in [0.717, 1.165) is 0 Å². The summed E-state index contributed by atoms with van der Waals surface area (Å²) in [5.41, 5.74) is 16.1. The molecule has 10 aromatic carbocycles. The molecule has 15 rings (SSSR count). The largest absolute Gasteiger partial charge is 0.310 e. The molecule has 0 amide bonds. The van der Waals surface area contributed by atoms with Crippen molar-refractivity contribution in [1.82, 2.24) is 9.13 Å². The highest BCUT2D eigenvalue weighted by Crippen LogP contribution is 2.51. The van der Waals surface area contributed by atoms with Crippen molar-refractivity contribution < 1.29 is 0 Å². The molecule has 3 aliphatic rings. The summed E-state index contributed by atoms with van der Waals surface area (Å²) in [4.78, 5) is 0. The van der Waals surface area contributed by atoms with Crippen LogP contribution in [0.4, 0.5) is 0 Å². The van der Waals surface area contributed by atoms with Gasteiger partial charge in [-0.15, -0.1) is 0 Å².